The van der Waals surface area contributed by atoms with Crippen molar-refractivity contribution < 1.29 is 39.8 Å². The minimum atomic E-state index is -1.55. The van der Waals surface area contributed by atoms with Gasteiger partial charge in [0.05, 0.1) is 25.4 Å². The second kappa shape index (κ2) is 49.3. The zero-order chi connectivity index (χ0) is 49.4. The zero-order valence-electron chi connectivity index (χ0n) is 44.6. The van der Waals surface area contributed by atoms with Gasteiger partial charge in [-0.25, -0.2) is 0 Å². The maximum Gasteiger partial charge on any atom is 0.220 e. The maximum absolute atomic E-state index is 13.0. The van der Waals surface area contributed by atoms with Gasteiger partial charge in [-0.15, -0.1) is 0 Å². The average Bonchev–Trinajstić information content (AvgIpc) is 3.34. The fraction of sp³-hybridized carbons (Fsp3) is 0.915. The van der Waals surface area contributed by atoms with Gasteiger partial charge in [0.1, 0.15) is 24.4 Å². The zero-order valence-corrected chi connectivity index (χ0v) is 44.6. The Hall–Kier alpha value is -1.33. The molecule has 0 bridgehead atoms. The third-order valence-electron chi connectivity index (χ3n) is 14.3. The summed E-state index contributed by atoms with van der Waals surface area (Å²) in [7, 11) is 0. The number of allylic oxidation sites excluding steroid dienone is 4. The van der Waals surface area contributed by atoms with Crippen LogP contribution in [0.15, 0.2) is 24.3 Å². The predicted octanol–water partition coefficient (Wildman–Crippen LogP) is 14.6. The molecule has 1 amide bonds. The van der Waals surface area contributed by atoms with E-state index in [1.165, 1.54) is 218 Å². The Kier molecular flexibility index (Phi) is 46.9. The number of carbonyl (C=O) groups excluding carboxylic acids is 1. The van der Waals surface area contributed by atoms with E-state index in [0.717, 1.165) is 44.9 Å². The summed E-state index contributed by atoms with van der Waals surface area (Å²) >= 11 is 0. The van der Waals surface area contributed by atoms with Crippen LogP contribution in [0.3, 0.4) is 0 Å². The molecule has 0 spiro atoms. The highest BCUT2D eigenvalue weighted by molar-refractivity contribution is 5.76. The third-order valence-corrected chi connectivity index (χ3v) is 14.3. The molecule has 402 valence electrons. The van der Waals surface area contributed by atoms with Crippen molar-refractivity contribution in [2.24, 2.45) is 0 Å². The van der Waals surface area contributed by atoms with E-state index in [2.05, 4.69) is 43.5 Å². The van der Waals surface area contributed by atoms with Crippen LogP contribution in [0.4, 0.5) is 0 Å². The largest absolute Gasteiger partial charge is 0.394 e. The molecule has 0 aromatic rings. The van der Waals surface area contributed by atoms with E-state index in [1.807, 2.05) is 0 Å². The Balaban J connectivity index is 2.08. The second-order valence-corrected chi connectivity index (χ2v) is 20.8. The van der Waals surface area contributed by atoms with E-state index in [0.29, 0.717) is 12.8 Å². The summed E-state index contributed by atoms with van der Waals surface area (Å²) in [4.78, 5) is 13.0. The van der Waals surface area contributed by atoms with Crippen LogP contribution < -0.4 is 5.32 Å². The van der Waals surface area contributed by atoms with Crippen molar-refractivity contribution in [1.29, 1.82) is 0 Å². The first-order valence-corrected chi connectivity index (χ1v) is 29.5. The van der Waals surface area contributed by atoms with Crippen molar-refractivity contribution in [2.75, 3.05) is 13.2 Å². The number of aliphatic hydroxyl groups is 5. The van der Waals surface area contributed by atoms with Crippen LogP contribution in [0.2, 0.25) is 0 Å². The predicted molar refractivity (Wildman–Crippen MR) is 286 cm³/mol. The first-order valence-electron chi connectivity index (χ1n) is 29.5. The van der Waals surface area contributed by atoms with Gasteiger partial charge in [-0.05, 0) is 44.9 Å². The maximum atomic E-state index is 13.0. The summed E-state index contributed by atoms with van der Waals surface area (Å²) < 4.78 is 11.3. The number of rotatable bonds is 51. The second-order valence-electron chi connectivity index (χ2n) is 20.8. The molecule has 1 aliphatic heterocycles. The lowest BCUT2D eigenvalue weighted by atomic mass is 9.99. The fourth-order valence-electron chi connectivity index (χ4n) is 9.61. The highest BCUT2D eigenvalue weighted by atomic mass is 16.7. The van der Waals surface area contributed by atoms with Gasteiger partial charge in [-0.3, -0.25) is 4.79 Å². The fourth-order valence-corrected chi connectivity index (χ4v) is 9.61. The summed E-state index contributed by atoms with van der Waals surface area (Å²) in [6.45, 7) is 3.85. The number of hydrogen-bond acceptors (Lipinski definition) is 8. The smallest absolute Gasteiger partial charge is 0.220 e. The summed E-state index contributed by atoms with van der Waals surface area (Å²) in [6, 6.07) is -0.715. The number of hydrogen-bond donors (Lipinski definition) is 6. The number of ether oxygens (including phenoxy) is 2. The van der Waals surface area contributed by atoms with E-state index < -0.39 is 49.5 Å². The summed E-state index contributed by atoms with van der Waals surface area (Å²) in [5, 5.41) is 54.5. The number of aliphatic hydroxyl groups excluding tert-OH is 5. The summed E-state index contributed by atoms with van der Waals surface area (Å²) in [5.41, 5.74) is 0. The average molecular weight is 965 g/mol. The monoisotopic (exact) mass is 964 g/mol. The number of carbonyl (C=O) groups is 1. The van der Waals surface area contributed by atoms with E-state index in [1.54, 1.807) is 0 Å². The van der Waals surface area contributed by atoms with Gasteiger partial charge >= 0.3 is 0 Å². The standard InChI is InChI=1S/C59H113NO8/c1-3-5-7-9-11-13-15-17-18-19-20-21-22-23-24-25-26-27-28-29-30-31-32-33-34-35-36-37-39-41-43-45-47-49-55(63)60-52(51-67-59-58(66)57(65)56(64)54(50-61)68-59)53(62)48-46-44-42-40-38-16-14-12-10-8-6-4-2/h20-21,23-24,52-54,56-59,61-62,64-66H,3-19,22,25-51H2,1-2H3,(H,60,63)/b21-20-,24-23-. The van der Waals surface area contributed by atoms with Crippen molar-refractivity contribution >= 4 is 5.91 Å². The van der Waals surface area contributed by atoms with Crippen LogP contribution in [0.5, 0.6) is 0 Å². The number of unbranched alkanes of at least 4 members (excludes halogenated alkanes) is 37. The molecule has 7 unspecified atom stereocenters. The quantitative estimate of drug-likeness (QED) is 0.0261. The molecule has 1 heterocycles. The molecule has 1 aliphatic rings. The molecule has 1 fully saturated rings. The van der Waals surface area contributed by atoms with Crippen LogP contribution in [-0.2, 0) is 14.3 Å². The van der Waals surface area contributed by atoms with Crippen LogP contribution in [-0.4, -0.2) is 87.5 Å². The van der Waals surface area contributed by atoms with Crippen LogP contribution in [0.25, 0.3) is 0 Å². The normalized spacial score (nSPS) is 19.7. The minimum Gasteiger partial charge on any atom is -0.394 e. The number of amides is 1. The molecule has 0 aromatic carbocycles. The Bertz CT molecular complexity index is 1120. The van der Waals surface area contributed by atoms with Gasteiger partial charge in [0.25, 0.3) is 0 Å². The molecule has 68 heavy (non-hydrogen) atoms. The molecule has 1 saturated heterocycles. The van der Waals surface area contributed by atoms with E-state index in [4.69, 9.17) is 9.47 Å². The molecule has 0 aromatic heterocycles. The van der Waals surface area contributed by atoms with Crippen LogP contribution in [0, 0.1) is 0 Å². The molecule has 9 nitrogen and oxygen atoms in total. The van der Waals surface area contributed by atoms with Gasteiger partial charge in [0.2, 0.25) is 5.91 Å². The van der Waals surface area contributed by atoms with Crippen molar-refractivity contribution in [1.82, 2.24) is 5.32 Å². The molecule has 0 radical (unpaired) electrons. The Morgan fingerprint density at radius 3 is 1.26 bits per heavy atom. The molecule has 9 heteroatoms. The van der Waals surface area contributed by atoms with Gasteiger partial charge in [-0.1, -0.05) is 263 Å². The van der Waals surface area contributed by atoms with Crippen molar-refractivity contribution in [3.05, 3.63) is 24.3 Å². The molecule has 0 saturated carbocycles. The van der Waals surface area contributed by atoms with Crippen LogP contribution >= 0.6 is 0 Å². The third kappa shape index (κ3) is 38.4. The molecule has 7 atom stereocenters. The lowest BCUT2D eigenvalue weighted by Crippen LogP contribution is -2.60. The lowest BCUT2D eigenvalue weighted by Gasteiger charge is -2.40. The summed E-state index contributed by atoms with van der Waals surface area (Å²) in [5.74, 6) is -0.141. The Morgan fingerprint density at radius 1 is 0.500 bits per heavy atom. The Labute approximate surface area is 419 Å². The Morgan fingerprint density at radius 2 is 0.868 bits per heavy atom. The molecule has 0 aliphatic carbocycles. The molecule has 6 N–H and O–H groups in total. The highest BCUT2D eigenvalue weighted by Gasteiger charge is 2.44. The van der Waals surface area contributed by atoms with Gasteiger partial charge in [-0.2, -0.15) is 0 Å². The molecular formula is C59H113NO8. The van der Waals surface area contributed by atoms with Crippen molar-refractivity contribution in [3.8, 4) is 0 Å². The van der Waals surface area contributed by atoms with Crippen molar-refractivity contribution in [3.63, 3.8) is 0 Å². The van der Waals surface area contributed by atoms with E-state index in [9.17, 15) is 30.3 Å². The molecule has 1 rings (SSSR count). The van der Waals surface area contributed by atoms with E-state index in [-0.39, 0.29) is 12.5 Å². The van der Waals surface area contributed by atoms with Gasteiger partial charge in [0.15, 0.2) is 6.29 Å². The first-order chi connectivity index (χ1) is 33.3. The van der Waals surface area contributed by atoms with Crippen molar-refractivity contribution in [2.45, 2.75) is 333 Å². The summed E-state index contributed by atoms with van der Waals surface area (Å²) in [6.07, 6.45) is 55.1. The SMILES string of the molecule is CCCCCCCCCCC/C=C\C/C=C\CCCCCCCCCCCCCCCCCCCC(=O)NC(COC1OC(CO)C(O)C(O)C1O)C(O)CCCCCCCCCCCCCC. The van der Waals surface area contributed by atoms with Gasteiger partial charge < -0.3 is 40.3 Å². The molecular weight excluding hydrogens is 851 g/mol. The topological polar surface area (TPSA) is 149 Å². The van der Waals surface area contributed by atoms with E-state index >= 15 is 0 Å². The number of nitrogens with one attached hydrogen (secondary N) is 1. The lowest BCUT2D eigenvalue weighted by molar-refractivity contribution is -0.302. The van der Waals surface area contributed by atoms with Crippen LogP contribution in [0.1, 0.15) is 290 Å². The van der Waals surface area contributed by atoms with Gasteiger partial charge in [0, 0.05) is 6.42 Å². The highest BCUT2D eigenvalue weighted by Crippen LogP contribution is 2.23. The minimum absolute atomic E-state index is 0.134. The first kappa shape index (κ1) is 64.7.